The molecule has 0 aromatic heterocycles. The van der Waals surface area contributed by atoms with Crippen LogP contribution in [0.15, 0.2) is 0 Å². The monoisotopic (exact) mass is 150 g/mol. The van der Waals surface area contributed by atoms with E-state index in [2.05, 4.69) is 4.74 Å². The van der Waals surface area contributed by atoms with Gasteiger partial charge in [-0.25, -0.2) is 0 Å². The van der Waals surface area contributed by atoms with Gasteiger partial charge in [-0.2, -0.15) is 0 Å². The van der Waals surface area contributed by atoms with Crippen LogP contribution in [-0.4, -0.2) is 31.6 Å². The molecule has 4 heteroatoms. The van der Waals surface area contributed by atoms with Gasteiger partial charge in [-0.05, 0) is 13.8 Å². The van der Waals surface area contributed by atoms with E-state index in [4.69, 9.17) is 14.6 Å². The highest BCUT2D eigenvalue weighted by atomic mass is 16.8. The molecule has 0 atom stereocenters. The van der Waals surface area contributed by atoms with Crippen LogP contribution in [0.4, 0.5) is 0 Å². The molecule has 0 radical (unpaired) electrons. The summed E-state index contributed by atoms with van der Waals surface area (Å²) < 4.78 is 14.3. The van der Waals surface area contributed by atoms with Crippen LogP contribution in [0.2, 0.25) is 0 Å². The summed E-state index contributed by atoms with van der Waals surface area (Å²) in [5.74, 6) is 0. The van der Waals surface area contributed by atoms with Crippen LogP contribution < -0.4 is 0 Å². The second-order valence-electron chi connectivity index (χ2n) is 1.99. The normalized spacial score (nSPS) is 10.8. The summed E-state index contributed by atoms with van der Waals surface area (Å²) in [7, 11) is 0. The van der Waals surface area contributed by atoms with Gasteiger partial charge >= 0.3 is 0 Å². The first kappa shape index (κ1) is 9.84. The predicted molar refractivity (Wildman–Crippen MR) is 35.2 cm³/mol. The molecule has 0 bridgehead atoms. The van der Waals surface area contributed by atoms with Gasteiger partial charge in [-0.15, -0.1) is 0 Å². The smallest absolute Gasteiger partial charge is 0.152 e. The SMILES string of the molecule is CC(C)OCOCOCO. The fourth-order valence-electron chi connectivity index (χ4n) is 0.314. The van der Waals surface area contributed by atoms with Crippen LogP contribution >= 0.6 is 0 Å². The van der Waals surface area contributed by atoms with Crippen molar-refractivity contribution in [1.29, 1.82) is 0 Å². The summed E-state index contributed by atoms with van der Waals surface area (Å²) in [4.78, 5) is 0. The van der Waals surface area contributed by atoms with Crippen LogP contribution in [-0.2, 0) is 14.2 Å². The molecule has 1 N–H and O–H groups in total. The van der Waals surface area contributed by atoms with E-state index in [-0.39, 0.29) is 26.5 Å². The molecule has 0 aromatic carbocycles. The summed E-state index contributed by atoms with van der Waals surface area (Å²) in [5, 5.41) is 8.13. The van der Waals surface area contributed by atoms with E-state index in [1.54, 1.807) is 0 Å². The summed E-state index contributed by atoms with van der Waals surface area (Å²) in [6, 6.07) is 0. The second kappa shape index (κ2) is 6.95. The maximum atomic E-state index is 8.13. The maximum Gasteiger partial charge on any atom is 0.152 e. The molecule has 10 heavy (non-hydrogen) atoms. The Morgan fingerprint density at radius 2 is 1.90 bits per heavy atom. The summed E-state index contributed by atoms with van der Waals surface area (Å²) >= 11 is 0. The highest BCUT2D eigenvalue weighted by molar-refractivity contribution is 4.29. The standard InChI is InChI=1S/C6H14O4/c1-6(2)10-5-9-4-8-3-7/h6-7H,3-5H2,1-2H3. The number of rotatable bonds is 6. The number of aliphatic hydroxyl groups is 1. The molecule has 0 heterocycles. The van der Waals surface area contributed by atoms with Crippen molar-refractivity contribution in [1.82, 2.24) is 0 Å². The molecule has 0 rings (SSSR count). The molecule has 0 aromatic rings. The Balaban J connectivity index is 2.77. The van der Waals surface area contributed by atoms with E-state index < -0.39 is 0 Å². The molecule has 62 valence electrons. The third-order valence-corrected chi connectivity index (χ3v) is 0.743. The van der Waals surface area contributed by atoms with Gasteiger partial charge in [0.1, 0.15) is 13.6 Å². The fraction of sp³-hybridized carbons (Fsp3) is 1.00. The zero-order valence-corrected chi connectivity index (χ0v) is 6.37. The van der Waals surface area contributed by atoms with Crippen molar-refractivity contribution in [3.05, 3.63) is 0 Å². The van der Waals surface area contributed by atoms with Gasteiger partial charge in [-0.3, -0.25) is 0 Å². The number of hydrogen-bond donors (Lipinski definition) is 1. The quantitative estimate of drug-likeness (QED) is 0.437. The van der Waals surface area contributed by atoms with E-state index in [9.17, 15) is 0 Å². The van der Waals surface area contributed by atoms with Crippen LogP contribution in [0.1, 0.15) is 13.8 Å². The van der Waals surface area contributed by atoms with Crippen molar-refractivity contribution in [3.63, 3.8) is 0 Å². The van der Waals surface area contributed by atoms with Gasteiger partial charge in [-0.1, -0.05) is 0 Å². The van der Waals surface area contributed by atoms with Crippen LogP contribution in [0, 0.1) is 0 Å². The van der Waals surface area contributed by atoms with E-state index in [0.29, 0.717) is 0 Å². The Bertz CT molecular complexity index is 64.8. The van der Waals surface area contributed by atoms with E-state index in [1.807, 2.05) is 13.8 Å². The summed E-state index contributed by atoms with van der Waals surface area (Å²) in [6.45, 7) is 3.79. The Labute approximate surface area is 60.7 Å². The lowest BCUT2D eigenvalue weighted by molar-refractivity contribution is -0.166. The minimum Gasteiger partial charge on any atom is -0.371 e. The molecule has 0 fully saturated rings. The van der Waals surface area contributed by atoms with Crippen LogP contribution in [0.25, 0.3) is 0 Å². The van der Waals surface area contributed by atoms with Crippen molar-refractivity contribution in [2.45, 2.75) is 20.0 Å². The van der Waals surface area contributed by atoms with Crippen LogP contribution in [0.5, 0.6) is 0 Å². The Kier molecular flexibility index (Phi) is 6.84. The third-order valence-electron chi connectivity index (χ3n) is 0.743. The van der Waals surface area contributed by atoms with Crippen molar-refractivity contribution in [3.8, 4) is 0 Å². The Morgan fingerprint density at radius 1 is 1.20 bits per heavy atom. The first-order chi connectivity index (χ1) is 4.77. The topological polar surface area (TPSA) is 47.9 Å². The second-order valence-corrected chi connectivity index (χ2v) is 1.99. The van der Waals surface area contributed by atoms with Gasteiger partial charge in [0.2, 0.25) is 0 Å². The molecular formula is C6H14O4. The molecule has 0 saturated heterocycles. The van der Waals surface area contributed by atoms with E-state index in [0.717, 1.165) is 0 Å². The third kappa shape index (κ3) is 7.84. The molecule has 0 saturated carbocycles. The Hall–Kier alpha value is -0.160. The van der Waals surface area contributed by atoms with Crippen molar-refractivity contribution < 1.29 is 19.3 Å². The molecule has 0 unspecified atom stereocenters. The molecule has 0 spiro atoms. The van der Waals surface area contributed by atoms with Crippen molar-refractivity contribution in [2.24, 2.45) is 0 Å². The van der Waals surface area contributed by atoms with Crippen LogP contribution in [0.3, 0.4) is 0 Å². The lowest BCUT2D eigenvalue weighted by Gasteiger charge is -2.07. The largest absolute Gasteiger partial charge is 0.371 e. The van der Waals surface area contributed by atoms with Gasteiger partial charge in [0.15, 0.2) is 6.79 Å². The highest BCUT2D eigenvalue weighted by Crippen LogP contribution is 1.87. The van der Waals surface area contributed by atoms with E-state index >= 15 is 0 Å². The average molecular weight is 150 g/mol. The molecule has 0 aliphatic carbocycles. The van der Waals surface area contributed by atoms with E-state index in [1.165, 1.54) is 0 Å². The van der Waals surface area contributed by atoms with Gasteiger partial charge in [0, 0.05) is 0 Å². The highest BCUT2D eigenvalue weighted by Gasteiger charge is 1.91. The minimum absolute atomic E-state index is 0.0726. The number of aliphatic hydroxyl groups excluding tert-OH is 1. The zero-order chi connectivity index (χ0) is 7.82. The summed E-state index contributed by atoms with van der Waals surface area (Å²) in [5.41, 5.74) is 0. The average Bonchev–Trinajstić information content (AvgIpc) is 1.87. The lowest BCUT2D eigenvalue weighted by atomic mass is 10.5. The van der Waals surface area contributed by atoms with Gasteiger partial charge < -0.3 is 19.3 Å². The first-order valence-electron chi connectivity index (χ1n) is 3.15. The molecular weight excluding hydrogens is 136 g/mol. The molecule has 0 amide bonds. The Morgan fingerprint density at radius 3 is 2.40 bits per heavy atom. The predicted octanol–water partition coefficient (Wildman–Crippen LogP) is 0.309. The first-order valence-corrected chi connectivity index (χ1v) is 3.15. The number of hydrogen-bond acceptors (Lipinski definition) is 4. The van der Waals surface area contributed by atoms with Crippen molar-refractivity contribution >= 4 is 0 Å². The van der Waals surface area contributed by atoms with Crippen molar-refractivity contribution in [2.75, 3.05) is 20.4 Å². The maximum absolute atomic E-state index is 8.13. The lowest BCUT2D eigenvalue weighted by Crippen LogP contribution is -2.09. The molecule has 0 aliphatic rings. The number of ether oxygens (including phenoxy) is 3. The summed E-state index contributed by atoms with van der Waals surface area (Å²) in [6.07, 6.45) is 0.161. The van der Waals surface area contributed by atoms with Gasteiger partial charge in [0.05, 0.1) is 6.10 Å². The fourth-order valence-corrected chi connectivity index (χ4v) is 0.314. The molecule has 4 nitrogen and oxygen atoms in total. The molecule has 0 aliphatic heterocycles. The zero-order valence-electron chi connectivity index (χ0n) is 6.37. The van der Waals surface area contributed by atoms with Gasteiger partial charge in [0.25, 0.3) is 0 Å². The minimum atomic E-state index is -0.318.